The molecule has 1 aromatic rings. The number of nitrogens with zero attached hydrogens (tertiary/aromatic N) is 1. The standard InChI is InChI=1S/C15H23BrFN3S/c1-10(2)20(3)9-5-4-8-19-12-7-6-11(15(18)21)13(16)14(12)17/h6-7,10,19H,4-5,8-9H2,1-3H3,(H2,18,21). The number of thiocarbonyl (C=S) groups is 1. The molecule has 0 unspecified atom stereocenters. The summed E-state index contributed by atoms with van der Waals surface area (Å²) in [6.45, 7) is 6.14. The van der Waals surface area contributed by atoms with Crippen molar-refractivity contribution in [3.63, 3.8) is 0 Å². The van der Waals surface area contributed by atoms with Gasteiger partial charge in [0.2, 0.25) is 0 Å². The maximum Gasteiger partial charge on any atom is 0.161 e. The van der Waals surface area contributed by atoms with Crippen LogP contribution in [0.5, 0.6) is 0 Å². The molecule has 0 fully saturated rings. The summed E-state index contributed by atoms with van der Waals surface area (Å²) in [4.78, 5) is 2.48. The summed E-state index contributed by atoms with van der Waals surface area (Å²) in [6.07, 6.45) is 2.07. The van der Waals surface area contributed by atoms with Crippen LogP contribution in [0.25, 0.3) is 0 Å². The minimum Gasteiger partial charge on any atom is -0.389 e. The molecule has 0 aromatic heterocycles. The first-order valence-electron chi connectivity index (χ1n) is 7.06. The van der Waals surface area contributed by atoms with Crippen molar-refractivity contribution in [3.8, 4) is 0 Å². The molecule has 6 heteroatoms. The summed E-state index contributed by atoms with van der Waals surface area (Å²) in [6, 6.07) is 3.96. The second-order valence-corrected chi connectivity index (χ2v) is 6.59. The van der Waals surface area contributed by atoms with Crippen molar-refractivity contribution in [2.24, 2.45) is 5.73 Å². The molecular formula is C15H23BrFN3S. The van der Waals surface area contributed by atoms with Crippen molar-refractivity contribution in [2.45, 2.75) is 32.7 Å². The highest BCUT2D eigenvalue weighted by Gasteiger charge is 2.12. The fraction of sp³-hybridized carbons (Fsp3) is 0.533. The molecule has 0 aliphatic rings. The Labute approximate surface area is 140 Å². The van der Waals surface area contributed by atoms with Crippen LogP contribution in [0.3, 0.4) is 0 Å². The number of nitrogens with two attached hydrogens (primary N) is 1. The number of hydrogen-bond acceptors (Lipinski definition) is 3. The van der Waals surface area contributed by atoms with Crippen LogP contribution in [0.2, 0.25) is 0 Å². The van der Waals surface area contributed by atoms with Crippen molar-refractivity contribution in [1.29, 1.82) is 0 Å². The van der Waals surface area contributed by atoms with Gasteiger partial charge >= 0.3 is 0 Å². The van der Waals surface area contributed by atoms with Crippen molar-refractivity contribution in [3.05, 3.63) is 28.0 Å². The van der Waals surface area contributed by atoms with Gasteiger partial charge in [0.25, 0.3) is 0 Å². The summed E-state index contributed by atoms with van der Waals surface area (Å²) in [5, 5.41) is 3.12. The van der Waals surface area contributed by atoms with E-state index >= 15 is 0 Å². The van der Waals surface area contributed by atoms with Gasteiger partial charge in [-0.25, -0.2) is 4.39 Å². The molecule has 0 aliphatic carbocycles. The van der Waals surface area contributed by atoms with Crippen molar-refractivity contribution in [1.82, 2.24) is 4.90 Å². The number of anilines is 1. The number of halogens is 2. The minimum absolute atomic E-state index is 0.184. The fourth-order valence-corrected chi connectivity index (χ4v) is 2.70. The Bertz CT molecular complexity index is 494. The van der Waals surface area contributed by atoms with Crippen LogP contribution in [-0.4, -0.2) is 36.1 Å². The van der Waals surface area contributed by atoms with E-state index < -0.39 is 0 Å². The van der Waals surface area contributed by atoms with Crippen molar-refractivity contribution < 1.29 is 4.39 Å². The van der Waals surface area contributed by atoms with Crippen LogP contribution in [0.1, 0.15) is 32.3 Å². The average molecular weight is 376 g/mol. The highest BCUT2D eigenvalue weighted by molar-refractivity contribution is 9.10. The lowest BCUT2D eigenvalue weighted by molar-refractivity contribution is 0.269. The summed E-state index contributed by atoms with van der Waals surface area (Å²) in [7, 11) is 2.11. The van der Waals surface area contributed by atoms with E-state index in [0.717, 1.165) is 25.9 Å². The highest BCUT2D eigenvalue weighted by atomic mass is 79.9. The van der Waals surface area contributed by atoms with Gasteiger partial charge in [0.1, 0.15) is 4.99 Å². The van der Waals surface area contributed by atoms with E-state index in [1.807, 2.05) is 0 Å². The van der Waals surface area contributed by atoms with Gasteiger partial charge in [-0.1, -0.05) is 12.2 Å². The molecule has 3 nitrogen and oxygen atoms in total. The molecule has 0 heterocycles. The monoisotopic (exact) mass is 375 g/mol. The van der Waals surface area contributed by atoms with E-state index in [2.05, 4.69) is 47.0 Å². The molecule has 0 spiro atoms. The molecule has 3 N–H and O–H groups in total. The number of unbranched alkanes of at least 4 members (excludes halogenated alkanes) is 1. The Morgan fingerprint density at radius 2 is 2.10 bits per heavy atom. The molecule has 0 amide bonds. The van der Waals surface area contributed by atoms with Gasteiger partial charge < -0.3 is 16.0 Å². The van der Waals surface area contributed by atoms with Gasteiger partial charge in [-0.2, -0.15) is 0 Å². The zero-order valence-electron chi connectivity index (χ0n) is 12.7. The normalized spacial score (nSPS) is 11.2. The smallest absolute Gasteiger partial charge is 0.161 e. The van der Waals surface area contributed by atoms with E-state index in [9.17, 15) is 4.39 Å². The zero-order valence-corrected chi connectivity index (χ0v) is 15.2. The first-order chi connectivity index (χ1) is 9.84. The average Bonchev–Trinajstić information content (AvgIpc) is 2.42. The van der Waals surface area contributed by atoms with E-state index in [1.165, 1.54) is 0 Å². The maximum absolute atomic E-state index is 14.1. The maximum atomic E-state index is 14.1. The first kappa shape index (κ1) is 18.3. The van der Waals surface area contributed by atoms with Crippen LogP contribution in [0.4, 0.5) is 10.1 Å². The van der Waals surface area contributed by atoms with Crippen LogP contribution >= 0.6 is 28.1 Å². The molecule has 21 heavy (non-hydrogen) atoms. The minimum atomic E-state index is -0.348. The fourth-order valence-electron chi connectivity index (χ4n) is 1.84. The van der Waals surface area contributed by atoms with E-state index in [-0.39, 0.29) is 10.8 Å². The molecule has 0 saturated carbocycles. The summed E-state index contributed by atoms with van der Waals surface area (Å²) >= 11 is 8.08. The van der Waals surface area contributed by atoms with Crippen LogP contribution < -0.4 is 11.1 Å². The third-order valence-corrected chi connectivity index (χ3v) is 4.48. The van der Waals surface area contributed by atoms with Crippen molar-refractivity contribution in [2.75, 3.05) is 25.5 Å². The molecule has 0 atom stereocenters. The van der Waals surface area contributed by atoms with Gasteiger partial charge in [0.15, 0.2) is 5.82 Å². The summed E-state index contributed by atoms with van der Waals surface area (Å²) < 4.78 is 14.5. The van der Waals surface area contributed by atoms with Crippen molar-refractivity contribution >= 4 is 38.8 Å². The lowest BCUT2D eigenvalue weighted by Gasteiger charge is -2.20. The number of hydrogen-bond donors (Lipinski definition) is 2. The SMILES string of the molecule is CC(C)N(C)CCCCNc1ccc(C(N)=S)c(Br)c1F. The largest absolute Gasteiger partial charge is 0.389 e. The summed E-state index contributed by atoms with van der Waals surface area (Å²) in [5.74, 6) is -0.348. The zero-order chi connectivity index (χ0) is 16.0. The molecule has 1 aromatic carbocycles. The van der Waals surface area contributed by atoms with Gasteiger partial charge in [0.05, 0.1) is 10.2 Å². The quantitative estimate of drug-likeness (QED) is 0.536. The molecule has 1 rings (SSSR count). The second kappa shape index (κ2) is 8.66. The predicted octanol–water partition coefficient (Wildman–Crippen LogP) is 3.75. The van der Waals surface area contributed by atoms with Crippen LogP contribution in [0, 0.1) is 5.82 Å². The Hall–Kier alpha value is -0.720. The van der Waals surface area contributed by atoms with Crippen LogP contribution in [0.15, 0.2) is 16.6 Å². The predicted molar refractivity (Wildman–Crippen MR) is 95.5 cm³/mol. The Morgan fingerprint density at radius 3 is 2.67 bits per heavy atom. The molecule has 0 aliphatic heterocycles. The van der Waals surface area contributed by atoms with Gasteiger partial charge in [0, 0.05) is 18.2 Å². The third kappa shape index (κ3) is 5.52. The van der Waals surface area contributed by atoms with Crippen LogP contribution in [-0.2, 0) is 0 Å². The lowest BCUT2D eigenvalue weighted by Crippen LogP contribution is -2.27. The highest BCUT2D eigenvalue weighted by Crippen LogP contribution is 2.27. The number of benzene rings is 1. The van der Waals surface area contributed by atoms with E-state index in [0.29, 0.717) is 21.8 Å². The van der Waals surface area contributed by atoms with Gasteiger partial charge in [-0.3, -0.25) is 0 Å². The lowest BCUT2D eigenvalue weighted by atomic mass is 10.2. The number of rotatable bonds is 8. The van der Waals surface area contributed by atoms with Gasteiger partial charge in [-0.15, -0.1) is 0 Å². The molecule has 118 valence electrons. The molecule has 0 saturated heterocycles. The van der Waals surface area contributed by atoms with Gasteiger partial charge in [-0.05, 0) is 68.3 Å². The Kier molecular flexibility index (Phi) is 7.56. The summed E-state index contributed by atoms with van der Waals surface area (Å²) in [5.41, 5.74) is 6.53. The third-order valence-electron chi connectivity index (χ3n) is 3.48. The number of nitrogens with one attached hydrogen (secondary N) is 1. The first-order valence-corrected chi connectivity index (χ1v) is 8.26. The Balaban J connectivity index is 2.46. The molecule has 0 radical (unpaired) electrons. The topological polar surface area (TPSA) is 41.3 Å². The molecular weight excluding hydrogens is 353 g/mol. The van der Waals surface area contributed by atoms with E-state index in [1.54, 1.807) is 12.1 Å². The van der Waals surface area contributed by atoms with E-state index in [4.69, 9.17) is 18.0 Å². The second-order valence-electron chi connectivity index (χ2n) is 5.36. The Morgan fingerprint density at radius 1 is 1.43 bits per heavy atom. The molecule has 0 bridgehead atoms.